The lowest BCUT2D eigenvalue weighted by atomic mass is 9.95. The summed E-state index contributed by atoms with van der Waals surface area (Å²) in [5.74, 6) is 0. The van der Waals surface area contributed by atoms with Crippen LogP contribution in [0.1, 0.15) is 107 Å². The first-order valence-corrected chi connectivity index (χ1v) is 16.4. The van der Waals surface area contributed by atoms with Crippen molar-refractivity contribution in [1.29, 1.82) is 0 Å². The van der Waals surface area contributed by atoms with E-state index in [9.17, 15) is 4.57 Å². The van der Waals surface area contributed by atoms with E-state index in [4.69, 9.17) is 9.05 Å². The Labute approximate surface area is 228 Å². The second-order valence-electron chi connectivity index (χ2n) is 9.44. The van der Waals surface area contributed by atoms with Gasteiger partial charge in [-0.1, -0.05) is 111 Å². The third kappa shape index (κ3) is 11.1. The smallest absolute Gasteiger partial charge is 0.309 e. The molecular weight excluding hydrogens is 531 g/mol. The average molecular weight is 578 g/mol. The average Bonchev–Trinajstić information content (AvgIpc) is 2.86. The van der Waals surface area contributed by atoms with E-state index in [1.807, 2.05) is 26.0 Å². The molecule has 0 amide bonds. The molecule has 0 aliphatic heterocycles. The molecule has 0 aliphatic rings. The van der Waals surface area contributed by atoms with Gasteiger partial charge in [-0.15, -0.1) is 0 Å². The fourth-order valence-electron chi connectivity index (χ4n) is 4.39. The van der Waals surface area contributed by atoms with Gasteiger partial charge in [-0.2, -0.15) is 0 Å². The third-order valence-electron chi connectivity index (χ3n) is 6.37. The van der Waals surface area contributed by atoms with Crippen LogP contribution >= 0.6 is 23.5 Å². The van der Waals surface area contributed by atoms with Crippen LogP contribution in [-0.2, 0) is 32.6 Å². The van der Waals surface area contributed by atoms with Crippen LogP contribution in [0.5, 0.6) is 0 Å². The predicted molar refractivity (Wildman–Crippen MR) is 160 cm³/mol. The minimum atomic E-state index is -3.09. The van der Waals surface area contributed by atoms with E-state index < -0.39 is 7.60 Å². The lowest BCUT2D eigenvalue weighted by Crippen LogP contribution is -1.99. The van der Waals surface area contributed by atoms with Crippen molar-refractivity contribution in [3.05, 3.63) is 68.7 Å². The summed E-state index contributed by atoms with van der Waals surface area (Å²) >= 11 is 3.86. The molecule has 200 valence electrons. The molecule has 0 radical (unpaired) electrons. The molecule has 0 bridgehead atoms. The molecule has 0 atom stereocenters. The maximum absolute atomic E-state index is 12.9. The monoisotopic (exact) mass is 576 g/mol. The van der Waals surface area contributed by atoms with Crippen molar-refractivity contribution >= 4 is 35.7 Å². The van der Waals surface area contributed by atoms with E-state index in [-0.39, 0.29) is 0 Å². The van der Waals surface area contributed by atoms with Gasteiger partial charge in [0.05, 0.1) is 19.4 Å². The van der Waals surface area contributed by atoms with E-state index >= 15 is 0 Å². The van der Waals surface area contributed by atoms with E-state index in [0.717, 1.165) is 24.0 Å². The highest BCUT2D eigenvalue weighted by Crippen LogP contribution is 2.51. The molecule has 5 heteroatoms. The molecule has 0 aliphatic carbocycles. The highest BCUT2D eigenvalue weighted by Gasteiger charge is 2.23. The molecule has 0 aromatic heterocycles. The number of halogens is 1. The molecule has 2 aromatic carbocycles. The van der Waals surface area contributed by atoms with Crippen LogP contribution in [0, 0.1) is 0 Å². The summed E-state index contributed by atoms with van der Waals surface area (Å²) in [5, 5.41) is 0. The van der Waals surface area contributed by atoms with Gasteiger partial charge in [0.15, 0.2) is 0 Å². The Kier molecular flexibility index (Phi) is 14.9. The summed E-state index contributed by atoms with van der Waals surface area (Å²) in [6, 6.07) is 13.0. The fourth-order valence-corrected chi connectivity index (χ4v) is 6.68. The number of benzene rings is 2. The Morgan fingerprint density at radius 2 is 1.33 bits per heavy atom. The molecule has 3 nitrogen and oxygen atoms in total. The van der Waals surface area contributed by atoms with Crippen LogP contribution in [-0.4, -0.2) is 13.2 Å². The zero-order valence-electron chi connectivity index (χ0n) is 22.9. The summed E-state index contributed by atoms with van der Waals surface area (Å²) in [5.41, 5.74) is 6.23. The highest BCUT2D eigenvalue weighted by molar-refractivity contribution is 9.10. The lowest BCUT2D eigenvalue weighted by Gasteiger charge is -2.17. The molecule has 2 aromatic rings. The second kappa shape index (κ2) is 17.3. The molecule has 0 spiro atoms. The van der Waals surface area contributed by atoms with Gasteiger partial charge in [-0.05, 0) is 73.4 Å². The maximum Gasteiger partial charge on any atom is 0.335 e. The van der Waals surface area contributed by atoms with Crippen molar-refractivity contribution < 1.29 is 13.6 Å². The molecule has 0 unspecified atom stereocenters. The highest BCUT2D eigenvalue weighted by atomic mass is 79.9. The lowest BCUT2D eigenvalue weighted by molar-refractivity contribution is 0.219. The predicted octanol–water partition coefficient (Wildman–Crippen LogP) is 10.6. The Hall–Kier alpha value is -1.19. The van der Waals surface area contributed by atoms with Crippen molar-refractivity contribution in [3.8, 4) is 0 Å². The normalized spacial score (nSPS) is 12.0. The van der Waals surface area contributed by atoms with E-state index in [0.29, 0.717) is 19.4 Å². The molecule has 0 saturated carbocycles. The zero-order chi connectivity index (χ0) is 26.2. The van der Waals surface area contributed by atoms with Gasteiger partial charge in [-0.3, -0.25) is 4.57 Å². The largest absolute Gasteiger partial charge is 0.335 e. The summed E-state index contributed by atoms with van der Waals surface area (Å²) in [4.78, 5) is 0. The first-order chi connectivity index (χ1) is 17.4. The third-order valence-corrected chi connectivity index (χ3v) is 9.16. The van der Waals surface area contributed by atoms with Crippen LogP contribution in [0.4, 0.5) is 0 Å². The summed E-state index contributed by atoms with van der Waals surface area (Å²) in [6.45, 7) is 8.97. The van der Waals surface area contributed by atoms with E-state index in [1.165, 1.54) is 72.5 Å². The fraction of sp³-hybridized carbons (Fsp3) is 0.548. The molecule has 0 saturated heterocycles. The van der Waals surface area contributed by atoms with Crippen LogP contribution in [0.25, 0.3) is 12.2 Å². The van der Waals surface area contributed by atoms with Gasteiger partial charge in [0.25, 0.3) is 0 Å². The molecular formula is C31H46BrO3P. The number of rotatable bonds is 18. The van der Waals surface area contributed by atoms with Crippen LogP contribution < -0.4 is 0 Å². The molecule has 0 fully saturated rings. The van der Waals surface area contributed by atoms with Crippen molar-refractivity contribution in [2.45, 2.75) is 98.1 Å². The van der Waals surface area contributed by atoms with Crippen molar-refractivity contribution in [2.24, 2.45) is 0 Å². The van der Waals surface area contributed by atoms with Crippen LogP contribution in [0.2, 0.25) is 0 Å². The van der Waals surface area contributed by atoms with Gasteiger partial charge < -0.3 is 9.05 Å². The van der Waals surface area contributed by atoms with Gasteiger partial charge in [0, 0.05) is 4.47 Å². The number of unbranched alkanes of at least 4 members (excludes halogenated alkanes) is 6. The molecule has 2 rings (SSSR count). The Morgan fingerprint density at radius 3 is 1.89 bits per heavy atom. The van der Waals surface area contributed by atoms with Crippen LogP contribution in [0.3, 0.4) is 0 Å². The van der Waals surface area contributed by atoms with Gasteiger partial charge >= 0.3 is 7.60 Å². The minimum absolute atomic E-state index is 0.300. The van der Waals surface area contributed by atoms with E-state index in [1.54, 1.807) is 0 Å². The van der Waals surface area contributed by atoms with Gasteiger partial charge in [0.1, 0.15) is 0 Å². The standard InChI is InChI=1S/C31H46BrO3P/c1-5-9-11-13-15-28-24-31(32)30(16-14-12-10-6-2)23-29(28)22-21-26-17-19-27(20-18-26)25-36(33,34-7-3)35-8-4/h17-24H,5-16,25H2,1-4H3/b22-21+. The summed E-state index contributed by atoms with van der Waals surface area (Å²) < 4.78 is 25.0. The molecule has 0 N–H and O–H groups in total. The summed E-state index contributed by atoms with van der Waals surface area (Å²) in [6.07, 6.45) is 17.1. The van der Waals surface area contributed by atoms with Crippen molar-refractivity contribution in [3.63, 3.8) is 0 Å². The quantitative estimate of drug-likeness (QED) is 0.100. The van der Waals surface area contributed by atoms with Crippen molar-refractivity contribution in [2.75, 3.05) is 13.2 Å². The zero-order valence-corrected chi connectivity index (χ0v) is 25.3. The first kappa shape index (κ1) is 31.0. The number of aryl methyl sites for hydroxylation is 2. The number of hydrogen-bond acceptors (Lipinski definition) is 3. The van der Waals surface area contributed by atoms with Crippen molar-refractivity contribution in [1.82, 2.24) is 0 Å². The topological polar surface area (TPSA) is 35.5 Å². The molecule has 0 heterocycles. The molecule has 36 heavy (non-hydrogen) atoms. The SMILES string of the molecule is CCCCCCc1cc(/C=C/c2ccc(CP(=O)(OCC)OCC)cc2)c(CCCCCC)cc1Br. The van der Waals surface area contributed by atoms with Gasteiger partial charge in [0.2, 0.25) is 0 Å². The minimum Gasteiger partial charge on any atom is -0.309 e. The Morgan fingerprint density at radius 1 is 0.750 bits per heavy atom. The second-order valence-corrected chi connectivity index (χ2v) is 12.4. The summed E-state index contributed by atoms with van der Waals surface area (Å²) in [7, 11) is -3.09. The van der Waals surface area contributed by atoms with Gasteiger partial charge in [-0.25, -0.2) is 0 Å². The first-order valence-electron chi connectivity index (χ1n) is 13.9. The van der Waals surface area contributed by atoms with E-state index in [2.05, 4.69) is 66.2 Å². The Balaban J connectivity index is 2.19. The number of hydrogen-bond donors (Lipinski definition) is 0. The van der Waals surface area contributed by atoms with Crippen LogP contribution in [0.15, 0.2) is 40.9 Å². The maximum atomic E-state index is 12.9. The Bertz CT molecular complexity index is 959.